The summed E-state index contributed by atoms with van der Waals surface area (Å²) in [4.78, 5) is 73.8. The third-order valence-electron chi connectivity index (χ3n) is 5.98. The lowest BCUT2D eigenvalue weighted by Gasteiger charge is -2.43. The molecule has 46 heavy (non-hydrogen) atoms. The Morgan fingerprint density at radius 1 is 0.935 bits per heavy atom. The van der Waals surface area contributed by atoms with Gasteiger partial charge >= 0.3 is 23.9 Å². The second-order valence-corrected chi connectivity index (χ2v) is 9.60. The molecule has 5 atom stereocenters. The van der Waals surface area contributed by atoms with Crippen LogP contribution in [-0.4, -0.2) is 99.9 Å². The molecule has 0 saturated carbocycles. The zero-order chi connectivity index (χ0) is 34.1. The fourth-order valence-electron chi connectivity index (χ4n) is 4.22. The number of nitrogens with zero attached hydrogens (tertiary/aromatic N) is 3. The summed E-state index contributed by atoms with van der Waals surface area (Å²) < 4.78 is 43.4. The van der Waals surface area contributed by atoms with E-state index >= 15 is 0 Å². The molecule has 18 heteroatoms. The predicted molar refractivity (Wildman–Crippen MR) is 152 cm³/mol. The number of rotatable bonds is 18. The van der Waals surface area contributed by atoms with Crippen molar-refractivity contribution in [2.45, 2.75) is 71.2 Å². The lowest BCUT2D eigenvalue weighted by molar-refractivity contribution is -0.288. The molecule has 0 bridgehead atoms. The topological polar surface area (TPSA) is 237 Å². The number of ether oxygens (including phenoxy) is 8. The van der Waals surface area contributed by atoms with Crippen molar-refractivity contribution < 1.29 is 66.7 Å². The Bertz CT molecular complexity index is 1280. The summed E-state index contributed by atoms with van der Waals surface area (Å²) >= 11 is 0. The van der Waals surface area contributed by atoms with E-state index in [0.717, 1.165) is 27.7 Å². The zero-order valence-electron chi connectivity index (χ0n) is 25.7. The van der Waals surface area contributed by atoms with Crippen LogP contribution in [-0.2, 0) is 63.6 Å². The highest BCUT2D eigenvalue weighted by Gasteiger charge is 2.53. The lowest BCUT2D eigenvalue weighted by Crippen LogP contribution is -2.63. The minimum atomic E-state index is -1.56. The van der Waals surface area contributed by atoms with E-state index in [-0.39, 0.29) is 63.0 Å². The molecular weight excluding hydrogens is 616 g/mol. The summed E-state index contributed by atoms with van der Waals surface area (Å²) in [5.74, 6) is -3.54. The van der Waals surface area contributed by atoms with Crippen molar-refractivity contribution in [3.8, 4) is 11.5 Å². The maximum atomic E-state index is 12.2. The molecule has 0 spiro atoms. The molecule has 1 saturated heterocycles. The standard InChI is InChI=1S/C28H36N4O14/c1-16(34)40-14-23-25(42-17(2)35)26(43-18(3)36)27(44-19(4)37)28(46-23)45-21-7-5-20(13-22(21)41-15-33)6-8-24(38)30-9-11-39-12-10-31-32-29/h5,7,13,15,23,25-28H,6,8-12,14H2,1-4H3,(H,30,38)/t23-,25+,26+,27-,28-/m1/s1. The van der Waals surface area contributed by atoms with Crippen molar-refractivity contribution in [1.29, 1.82) is 0 Å². The molecule has 1 N–H and O–H groups in total. The molecular formula is C28H36N4O14. The van der Waals surface area contributed by atoms with E-state index in [9.17, 15) is 28.8 Å². The average molecular weight is 653 g/mol. The normalized spacial score (nSPS) is 20.2. The van der Waals surface area contributed by atoms with Gasteiger partial charge in [-0.05, 0) is 29.6 Å². The molecule has 1 heterocycles. The number of benzene rings is 1. The van der Waals surface area contributed by atoms with Crippen molar-refractivity contribution in [2.75, 3.05) is 32.9 Å². The summed E-state index contributed by atoms with van der Waals surface area (Å²) in [5, 5.41) is 6.02. The minimum absolute atomic E-state index is 0.0703. The smallest absolute Gasteiger partial charge is 0.303 e. The van der Waals surface area contributed by atoms with E-state index in [2.05, 4.69) is 15.3 Å². The number of esters is 4. The Balaban J connectivity index is 2.26. The van der Waals surface area contributed by atoms with Gasteiger partial charge in [0.15, 0.2) is 23.7 Å². The number of hydrogen-bond donors (Lipinski definition) is 1. The van der Waals surface area contributed by atoms with Crippen LogP contribution in [0.5, 0.6) is 11.5 Å². The summed E-state index contributed by atoms with van der Waals surface area (Å²) in [6.07, 6.45) is -6.83. The highest BCUT2D eigenvalue weighted by atomic mass is 16.7. The van der Waals surface area contributed by atoms with Gasteiger partial charge in [-0.2, -0.15) is 0 Å². The van der Waals surface area contributed by atoms with E-state index in [4.69, 9.17) is 43.4 Å². The maximum Gasteiger partial charge on any atom is 0.303 e. The lowest BCUT2D eigenvalue weighted by atomic mass is 9.98. The molecule has 1 aliphatic rings. The molecule has 18 nitrogen and oxygen atoms in total. The number of carbonyl (C=O) groups is 6. The van der Waals surface area contributed by atoms with Crippen LogP contribution in [0.4, 0.5) is 0 Å². The Kier molecular flexibility index (Phi) is 15.8. The first-order valence-electron chi connectivity index (χ1n) is 14.0. The van der Waals surface area contributed by atoms with Gasteiger partial charge in [0.1, 0.15) is 12.7 Å². The molecule has 1 amide bonds. The number of aryl methyl sites for hydroxylation is 1. The maximum absolute atomic E-state index is 12.2. The molecule has 1 aliphatic heterocycles. The molecule has 1 fully saturated rings. The Morgan fingerprint density at radius 3 is 2.24 bits per heavy atom. The summed E-state index contributed by atoms with van der Waals surface area (Å²) in [5.41, 5.74) is 8.82. The van der Waals surface area contributed by atoms with Gasteiger partial charge in [0.05, 0.1) is 13.2 Å². The number of hydrogen-bond acceptors (Lipinski definition) is 15. The molecule has 0 aliphatic carbocycles. The summed E-state index contributed by atoms with van der Waals surface area (Å²) in [7, 11) is 0. The van der Waals surface area contributed by atoms with Gasteiger partial charge in [0.2, 0.25) is 18.3 Å². The molecule has 0 radical (unpaired) electrons. The highest BCUT2D eigenvalue weighted by Crippen LogP contribution is 2.35. The van der Waals surface area contributed by atoms with Gasteiger partial charge in [-0.15, -0.1) is 0 Å². The zero-order valence-corrected chi connectivity index (χ0v) is 25.7. The van der Waals surface area contributed by atoms with Crippen molar-refractivity contribution >= 4 is 36.3 Å². The molecule has 1 aromatic rings. The number of carbonyl (C=O) groups excluding carboxylic acids is 6. The van der Waals surface area contributed by atoms with Crippen LogP contribution in [0.25, 0.3) is 10.4 Å². The van der Waals surface area contributed by atoms with Gasteiger partial charge in [-0.25, -0.2) is 0 Å². The Morgan fingerprint density at radius 2 is 1.61 bits per heavy atom. The van der Waals surface area contributed by atoms with Crippen LogP contribution < -0.4 is 14.8 Å². The van der Waals surface area contributed by atoms with E-state index in [0.29, 0.717) is 5.56 Å². The first-order valence-corrected chi connectivity index (χ1v) is 14.0. The van der Waals surface area contributed by atoms with Crippen LogP contribution >= 0.6 is 0 Å². The van der Waals surface area contributed by atoms with Crippen molar-refractivity contribution in [3.63, 3.8) is 0 Å². The first kappa shape index (κ1) is 37.3. The third kappa shape index (κ3) is 13.0. The highest BCUT2D eigenvalue weighted by molar-refractivity contribution is 5.76. The van der Waals surface area contributed by atoms with Crippen LogP contribution in [0.15, 0.2) is 23.3 Å². The third-order valence-corrected chi connectivity index (χ3v) is 5.98. The monoisotopic (exact) mass is 652 g/mol. The number of amides is 1. The van der Waals surface area contributed by atoms with E-state index in [1.807, 2.05) is 0 Å². The van der Waals surface area contributed by atoms with Gasteiger partial charge in [-0.1, -0.05) is 11.2 Å². The summed E-state index contributed by atoms with van der Waals surface area (Å²) in [6, 6.07) is 4.45. The molecule has 0 unspecified atom stereocenters. The average Bonchev–Trinajstić information content (AvgIpc) is 2.98. The SMILES string of the molecule is CC(=O)OC[C@H]1O[C@@H](Oc2ccc(CCC(=O)NCCOCCN=[N+]=[N-])cc2OC=O)[C@H](OC(C)=O)[C@@H](OC(C)=O)[C@H]1OC(C)=O. The van der Waals surface area contributed by atoms with Crippen LogP contribution in [0, 0.1) is 0 Å². The molecule has 0 aromatic heterocycles. The van der Waals surface area contributed by atoms with Crippen LogP contribution in [0.1, 0.15) is 39.7 Å². The molecule has 252 valence electrons. The van der Waals surface area contributed by atoms with Gasteiger partial charge < -0.3 is 43.2 Å². The van der Waals surface area contributed by atoms with Crippen LogP contribution in [0.3, 0.4) is 0 Å². The van der Waals surface area contributed by atoms with Gasteiger partial charge in [0, 0.05) is 52.1 Å². The van der Waals surface area contributed by atoms with Gasteiger partial charge in [0.25, 0.3) is 6.47 Å². The fraction of sp³-hybridized carbons (Fsp3) is 0.571. The van der Waals surface area contributed by atoms with Crippen molar-refractivity contribution in [1.82, 2.24) is 5.32 Å². The van der Waals surface area contributed by atoms with Crippen molar-refractivity contribution in [2.24, 2.45) is 5.11 Å². The largest absolute Gasteiger partial charge is 0.463 e. The fourth-order valence-corrected chi connectivity index (χ4v) is 4.22. The molecule has 1 aromatic carbocycles. The van der Waals surface area contributed by atoms with E-state index in [1.165, 1.54) is 12.1 Å². The first-order chi connectivity index (χ1) is 21.9. The minimum Gasteiger partial charge on any atom is -0.463 e. The van der Waals surface area contributed by atoms with Crippen molar-refractivity contribution in [3.05, 3.63) is 34.2 Å². The predicted octanol–water partition coefficient (Wildman–Crippen LogP) is 1.06. The van der Waals surface area contributed by atoms with E-state index in [1.54, 1.807) is 6.07 Å². The van der Waals surface area contributed by atoms with Crippen LogP contribution in [0.2, 0.25) is 0 Å². The number of azide groups is 1. The summed E-state index contributed by atoms with van der Waals surface area (Å²) in [6.45, 7) is 4.98. The second kappa shape index (κ2) is 19.5. The van der Waals surface area contributed by atoms with Gasteiger partial charge in [-0.3, -0.25) is 28.8 Å². The quantitative estimate of drug-likeness (QED) is 0.0444. The van der Waals surface area contributed by atoms with E-state index < -0.39 is 61.2 Å². The molecule has 2 rings (SSSR count). The Hall–Kier alpha value is -4.93. The second-order valence-electron chi connectivity index (χ2n) is 9.60. The number of nitrogens with one attached hydrogen (secondary N) is 1. The Labute approximate surface area is 263 Å².